The van der Waals surface area contributed by atoms with Crippen LogP contribution in [0.4, 0.5) is 57.4 Å². The van der Waals surface area contributed by atoms with E-state index in [0.717, 1.165) is 13.0 Å². The third-order valence-electron chi connectivity index (χ3n) is 19.3. The number of carbonyl (C=O) groups excluding carboxylic acids is 16. The van der Waals surface area contributed by atoms with E-state index in [0.29, 0.717) is 23.6 Å². The molecule has 0 atom stereocenters. The van der Waals surface area contributed by atoms with Crippen LogP contribution in [0.15, 0.2) is 98.4 Å². The first-order valence-corrected chi connectivity index (χ1v) is 40.1. The Bertz CT molecular complexity index is 5900. The normalized spacial score (nSPS) is 11.0. The second-order valence-electron chi connectivity index (χ2n) is 30.0. The maximum absolute atomic E-state index is 13.6. The SMILES string of the molecule is CN(C)CCCNC(=O)CCNC(=O)c1nc(NC(=O)c2cc(NC(=O)CCNC(=O)c3nc(NC(=O)c4nc(NC(=O)c5nc(NC(=O)CCCNC(=O)c6cc(NC(=O)c7cc(NC(=O)c8cc(NC(=O)CCNC(=O)c9cc(NC(=O)c%10cc(NC(=O)CCNC(=O)CCN)cn%10C)cn9C)cn8C)cn7C)cn6C)cn5C)cn4C)cn3C)cn2C)cn1C. The van der Waals surface area contributed by atoms with E-state index in [1.54, 1.807) is 55.5 Å². The van der Waals surface area contributed by atoms with Gasteiger partial charge in [-0.1, -0.05) is 0 Å². The van der Waals surface area contributed by atoms with Crippen molar-refractivity contribution in [1.82, 2.24) is 102 Å². The van der Waals surface area contributed by atoms with Crippen LogP contribution in [-0.4, -0.2) is 231 Å². The molecule has 0 aliphatic carbocycles. The minimum absolute atomic E-state index is 0.00158. The Kier molecular flexibility index (Phi) is 31.5. The summed E-state index contributed by atoms with van der Waals surface area (Å²) in [6.45, 7) is 1.60. The van der Waals surface area contributed by atoms with Crippen LogP contribution in [0, 0.1) is 0 Å². The summed E-state index contributed by atoms with van der Waals surface area (Å²) in [5, 5.41) is 42.9. The number of hydrogen-bond acceptors (Lipinski definition) is 22. The quantitative estimate of drug-likeness (QED) is 0.0235. The number of nitrogens with two attached hydrogens (primary N) is 1. The van der Waals surface area contributed by atoms with E-state index in [1.807, 2.05) is 19.0 Å². The topological polar surface area (TPSA) is 596 Å². The highest BCUT2D eigenvalue weighted by Crippen LogP contribution is 2.24. The molecule has 48 nitrogen and oxygen atoms in total. The van der Waals surface area contributed by atoms with E-state index in [9.17, 15) is 76.7 Å². The van der Waals surface area contributed by atoms with Gasteiger partial charge in [0.1, 0.15) is 34.2 Å². The molecular weight excluding hydrogens is 1670 g/mol. The monoisotopic (exact) mass is 1770 g/mol. The van der Waals surface area contributed by atoms with Gasteiger partial charge in [-0.3, -0.25) is 76.7 Å². The van der Waals surface area contributed by atoms with Crippen LogP contribution in [0.25, 0.3) is 0 Å². The molecule has 0 bridgehead atoms. The summed E-state index contributed by atoms with van der Waals surface area (Å²) >= 11 is 0. The van der Waals surface area contributed by atoms with Crippen molar-refractivity contribution in [1.29, 1.82) is 0 Å². The highest BCUT2D eigenvalue weighted by Gasteiger charge is 2.27. The van der Waals surface area contributed by atoms with Gasteiger partial charge < -0.3 is 141 Å². The number of nitrogens with one attached hydrogen (secondary N) is 16. The van der Waals surface area contributed by atoms with Crippen molar-refractivity contribution in [2.75, 3.05) is 120 Å². The molecule has 16 amide bonds. The predicted molar refractivity (Wildman–Crippen MR) is 467 cm³/mol. The fraction of sp³-hybridized carbons (Fsp3) is 0.350. The first kappa shape index (κ1) is 94.2. The summed E-state index contributed by atoms with van der Waals surface area (Å²) in [7, 11) is 19.6. The fourth-order valence-electron chi connectivity index (χ4n) is 13.0. The molecule has 10 rings (SSSR count). The fourth-order valence-corrected chi connectivity index (χ4v) is 13.0. The summed E-state index contributed by atoms with van der Waals surface area (Å²) in [4.78, 5) is 228. The smallest absolute Gasteiger partial charge is 0.292 e. The lowest BCUT2D eigenvalue weighted by molar-refractivity contribution is -0.122. The Hall–Kier alpha value is -16.0. The molecule has 0 aromatic carbocycles. The Morgan fingerprint density at radius 1 is 0.258 bits per heavy atom. The van der Waals surface area contributed by atoms with E-state index >= 15 is 0 Å². The van der Waals surface area contributed by atoms with Crippen molar-refractivity contribution in [3.05, 3.63) is 156 Å². The van der Waals surface area contributed by atoms with Gasteiger partial charge in [0.15, 0.2) is 23.3 Å². The van der Waals surface area contributed by atoms with Gasteiger partial charge in [0.2, 0.25) is 58.7 Å². The number of amides is 16. The molecule has 0 aliphatic heterocycles. The van der Waals surface area contributed by atoms with Crippen molar-refractivity contribution in [3.8, 4) is 0 Å². The van der Waals surface area contributed by atoms with E-state index in [1.165, 1.54) is 159 Å². The molecule has 10 aromatic heterocycles. The predicted octanol–water partition coefficient (Wildman–Crippen LogP) is 0.813. The summed E-state index contributed by atoms with van der Waals surface area (Å²) in [6.07, 6.45) is 15.6. The molecule has 48 heteroatoms. The van der Waals surface area contributed by atoms with E-state index < -0.39 is 76.8 Å². The van der Waals surface area contributed by atoms with Crippen molar-refractivity contribution >= 4 is 152 Å². The molecule has 10 heterocycles. The summed E-state index contributed by atoms with van der Waals surface area (Å²) in [5.41, 5.74) is 8.16. The van der Waals surface area contributed by atoms with Crippen LogP contribution >= 0.6 is 0 Å². The lowest BCUT2D eigenvalue weighted by Crippen LogP contribution is -2.32. The van der Waals surface area contributed by atoms with Crippen LogP contribution in [0.5, 0.6) is 0 Å². The number of anilines is 10. The molecule has 0 radical (unpaired) electrons. The Balaban J connectivity index is 0.594. The Labute approximate surface area is 731 Å². The van der Waals surface area contributed by atoms with Gasteiger partial charge in [0, 0.05) is 217 Å². The molecule has 18 N–H and O–H groups in total. The average Bonchev–Trinajstić information content (AvgIpc) is 1.70. The number of aryl methyl sites for hydroxylation is 10. The van der Waals surface area contributed by atoms with Crippen molar-refractivity contribution in [2.45, 2.75) is 51.4 Å². The molecule has 678 valence electrons. The first-order valence-electron chi connectivity index (χ1n) is 40.1. The van der Waals surface area contributed by atoms with Crippen LogP contribution < -0.4 is 90.8 Å². The lowest BCUT2D eigenvalue weighted by atomic mass is 10.3. The maximum Gasteiger partial charge on any atom is 0.292 e. The Morgan fingerprint density at radius 3 is 0.852 bits per heavy atom. The number of carbonyl (C=O) groups is 16. The van der Waals surface area contributed by atoms with Crippen LogP contribution in [0.3, 0.4) is 0 Å². The standard InChI is InChI=1S/C80H102N32O16/c1-102(2)28-14-23-82-62(114)17-25-86-77(125)67-96-58(42-109(67)9)99-76(124)56-31-47(37-107(56)7)90-66(118)20-27-87-78(126)68-97-59(43-110(68)10)100-80(128)70-98-60(44-112(70)12)101-79(127)69-95-57(41-111(69)11)94-63(115)15-13-22-84-71(119)51-32-48(38-103(51)3)92-75(123)55-34-50(40-108(55)8)93-74(122)54-30-46(36-106(54)6)89-65(117)19-26-85-72(120)52-33-49(39-104(52)4)91-73(121)53-29-45(35-105(53)5)88-64(116)18-24-83-61(113)16-21-81/h29-44H,13-28,81H2,1-12H3,(H,82,114)(H,83,113)(H,84,119)(H,85,120)(H,86,125)(H,87,126)(H,88,116)(H,89,117)(H,90,118)(H,91,121)(H,92,123)(H,93,122)(H,94,115)(H,99,124)(H,100,128)(H,101,127). The first-order chi connectivity index (χ1) is 60.8. The number of aromatic nitrogens is 14. The molecule has 10 aromatic rings. The molecule has 128 heavy (non-hydrogen) atoms. The zero-order valence-electron chi connectivity index (χ0n) is 72.4. The molecule has 0 spiro atoms. The molecule has 0 aliphatic rings. The van der Waals surface area contributed by atoms with Gasteiger partial charge in [0.05, 0.1) is 34.1 Å². The van der Waals surface area contributed by atoms with Crippen molar-refractivity contribution in [2.24, 2.45) is 76.2 Å². The zero-order valence-corrected chi connectivity index (χ0v) is 72.4. The van der Waals surface area contributed by atoms with Gasteiger partial charge in [-0.25, -0.2) is 19.9 Å². The molecule has 0 saturated carbocycles. The number of hydrogen-bond donors (Lipinski definition) is 17. The highest BCUT2D eigenvalue weighted by molar-refractivity contribution is 6.10. The second-order valence-corrected chi connectivity index (χ2v) is 30.0. The third-order valence-corrected chi connectivity index (χ3v) is 19.3. The number of rotatable bonds is 42. The van der Waals surface area contributed by atoms with Crippen LogP contribution in [-0.2, 0) is 99.2 Å². The molecule has 0 unspecified atom stereocenters. The summed E-state index contributed by atoms with van der Waals surface area (Å²) < 4.78 is 14.4. The van der Waals surface area contributed by atoms with Gasteiger partial charge >= 0.3 is 0 Å². The van der Waals surface area contributed by atoms with Gasteiger partial charge in [0.25, 0.3) is 59.1 Å². The second kappa shape index (κ2) is 42.8. The molecular formula is C80H102N32O16. The van der Waals surface area contributed by atoms with Crippen molar-refractivity contribution in [3.63, 3.8) is 0 Å². The average molecular weight is 1770 g/mol. The maximum atomic E-state index is 13.6. The minimum atomic E-state index is -0.755. The Morgan fingerprint density at radius 2 is 0.508 bits per heavy atom. The molecule has 0 fully saturated rings. The number of imidazole rings is 4. The van der Waals surface area contributed by atoms with E-state index in [2.05, 4.69) is 105 Å². The highest BCUT2D eigenvalue weighted by atomic mass is 16.2. The van der Waals surface area contributed by atoms with Crippen LogP contribution in [0.1, 0.15) is 157 Å². The molecule has 0 saturated heterocycles. The van der Waals surface area contributed by atoms with Crippen LogP contribution in [0.2, 0.25) is 0 Å². The van der Waals surface area contributed by atoms with Gasteiger partial charge in [-0.2, -0.15) is 0 Å². The largest absolute Gasteiger partial charge is 0.356 e. The third kappa shape index (κ3) is 25.8. The van der Waals surface area contributed by atoms with E-state index in [-0.39, 0.29) is 200 Å². The summed E-state index contributed by atoms with van der Waals surface area (Å²) in [5.74, 6) is -8.62. The van der Waals surface area contributed by atoms with Crippen molar-refractivity contribution < 1.29 is 76.7 Å². The minimum Gasteiger partial charge on any atom is -0.356 e. The number of nitrogens with zero attached hydrogens (tertiary/aromatic N) is 15. The van der Waals surface area contributed by atoms with Gasteiger partial charge in [-0.05, 0) is 69.9 Å². The van der Waals surface area contributed by atoms with Gasteiger partial charge in [-0.15, -0.1) is 0 Å². The zero-order chi connectivity index (χ0) is 92.9. The summed E-state index contributed by atoms with van der Waals surface area (Å²) in [6, 6.07) is 8.73. The van der Waals surface area contributed by atoms with E-state index in [4.69, 9.17) is 5.73 Å². The lowest BCUT2D eigenvalue weighted by Gasteiger charge is -2.10.